The summed E-state index contributed by atoms with van der Waals surface area (Å²) >= 11 is 0. The lowest BCUT2D eigenvalue weighted by Gasteiger charge is -2.01. The van der Waals surface area contributed by atoms with Crippen LogP contribution in [0.15, 0.2) is 37.2 Å². The third kappa shape index (κ3) is 3.85. The first-order valence-corrected chi connectivity index (χ1v) is 4.54. The zero-order valence-electron chi connectivity index (χ0n) is 7.98. The lowest BCUT2D eigenvalue weighted by Crippen LogP contribution is -2.07. The molecule has 3 heteroatoms. The maximum Gasteiger partial charge on any atom is 0.311 e. The number of ether oxygens (including phenoxy) is 1. The van der Waals surface area contributed by atoms with Crippen LogP contribution in [0.2, 0.25) is 0 Å². The summed E-state index contributed by atoms with van der Waals surface area (Å²) in [5, 5.41) is 0. The van der Waals surface area contributed by atoms with Crippen molar-refractivity contribution in [2.75, 3.05) is 0 Å². The standard InChI is InChI=1S/C11H13NO2/c1-2-3-4-7-11(13)14-10-6-5-8-12-9-10/h2,5-6,8-9H,1,3-4,7H2. The number of esters is 1. The molecule has 1 aromatic rings. The van der Waals surface area contributed by atoms with Gasteiger partial charge in [-0.05, 0) is 25.0 Å². The molecule has 0 saturated carbocycles. The molecule has 0 spiro atoms. The third-order valence-electron chi connectivity index (χ3n) is 1.66. The van der Waals surface area contributed by atoms with Crippen LogP contribution >= 0.6 is 0 Å². The first kappa shape index (κ1) is 10.4. The summed E-state index contributed by atoms with van der Waals surface area (Å²) in [7, 11) is 0. The van der Waals surface area contributed by atoms with Crippen LogP contribution < -0.4 is 4.74 Å². The molecule has 0 aliphatic carbocycles. The maximum absolute atomic E-state index is 11.2. The molecule has 0 saturated heterocycles. The van der Waals surface area contributed by atoms with E-state index in [1.807, 2.05) is 0 Å². The van der Waals surface area contributed by atoms with E-state index in [2.05, 4.69) is 11.6 Å². The lowest BCUT2D eigenvalue weighted by molar-refractivity contribution is -0.134. The van der Waals surface area contributed by atoms with E-state index in [1.54, 1.807) is 24.4 Å². The fraction of sp³-hybridized carbons (Fsp3) is 0.273. The molecule has 0 bridgehead atoms. The average molecular weight is 191 g/mol. The molecule has 14 heavy (non-hydrogen) atoms. The molecule has 1 rings (SSSR count). The Bertz CT molecular complexity index is 295. The molecular formula is C11H13NO2. The normalized spacial score (nSPS) is 9.43. The van der Waals surface area contributed by atoms with Gasteiger partial charge in [0.05, 0.1) is 6.20 Å². The van der Waals surface area contributed by atoms with Crippen molar-refractivity contribution in [2.24, 2.45) is 0 Å². The smallest absolute Gasteiger partial charge is 0.311 e. The molecule has 0 aliphatic heterocycles. The number of aromatic nitrogens is 1. The van der Waals surface area contributed by atoms with E-state index in [4.69, 9.17) is 4.74 Å². The minimum absolute atomic E-state index is 0.222. The predicted molar refractivity (Wildman–Crippen MR) is 53.9 cm³/mol. The fourth-order valence-corrected chi connectivity index (χ4v) is 0.981. The van der Waals surface area contributed by atoms with Gasteiger partial charge >= 0.3 is 5.97 Å². The van der Waals surface area contributed by atoms with Gasteiger partial charge in [0, 0.05) is 12.6 Å². The van der Waals surface area contributed by atoms with Crippen molar-refractivity contribution in [3.8, 4) is 5.75 Å². The molecule has 0 aliphatic rings. The van der Waals surface area contributed by atoms with E-state index < -0.39 is 0 Å². The van der Waals surface area contributed by atoms with E-state index in [9.17, 15) is 4.79 Å². The predicted octanol–water partition coefficient (Wildman–Crippen LogP) is 2.34. The minimum Gasteiger partial charge on any atom is -0.425 e. The van der Waals surface area contributed by atoms with Gasteiger partial charge in [-0.25, -0.2) is 0 Å². The highest BCUT2D eigenvalue weighted by molar-refractivity contribution is 5.72. The summed E-state index contributed by atoms with van der Waals surface area (Å²) in [6.07, 6.45) is 6.98. The van der Waals surface area contributed by atoms with Crippen LogP contribution in [-0.2, 0) is 4.79 Å². The Kier molecular flexibility index (Phi) is 4.41. The van der Waals surface area contributed by atoms with Crippen LogP contribution in [0.5, 0.6) is 5.75 Å². The summed E-state index contributed by atoms with van der Waals surface area (Å²) in [6, 6.07) is 3.44. The number of nitrogens with zero attached hydrogens (tertiary/aromatic N) is 1. The summed E-state index contributed by atoms with van der Waals surface area (Å²) in [5.41, 5.74) is 0. The van der Waals surface area contributed by atoms with Crippen molar-refractivity contribution < 1.29 is 9.53 Å². The number of carbonyl (C=O) groups excluding carboxylic acids is 1. The molecule has 0 fully saturated rings. The van der Waals surface area contributed by atoms with Gasteiger partial charge in [-0.1, -0.05) is 6.08 Å². The molecule has 0 amide bonds. The van der Waals surface area contributed by atoms with Gasteiger partial charge in [-0.3, -0.25) is 9.78 Å². The molecule has 0 N–H and O–H groups in total. The van der Waals surface area contributed by atoms with Gasteiger partial charge in [-0.15, -0.1) is 6.58 Å². The number of hydrogen-bond acceptors (Lipinski definition) is 3. The molecule has 0 radical (unpaired) electrons. The van der Waals surface area contributed by atoms with Gasteiger partial charge < -0.3 is 4.74 Å². The second kappa shape index (κ2) is 5.91. The topological polar surface area (TPSA) is 39.2 Å². The molecule has 0 atom stereocenters. The summed E-state index contributed by atoms with van der Waals surface area (Å²) < 4.78 is 5.03. The Balaban J connectivity index is 2.31. The Labute approximate surface area is 83.4 Å². The number of rotatable bonds is 5. The summed E-state index contributed by atoms with van der Waals surface area (Å²) in [5.74, 6) is 0.274. The van der Waals surface area contributed by atoms with Crippen molar-refractivity contribution in [1.82, 2.24) is 4.98 Å². The van der Waals surface area contributed by atoms with E-state index in [1.165, 1.54) is 6.20 Å². The number of pyridine rings is 1. The van der Waals surface area contributed by atoms with E-state index in [0.29, 0.717) is 12.2 Å². The van der Waals surface area contributed by atoms with Crippen LogP contribution in [0.3, 0.4) is 0 Å². The van der Waals surface area contributed by atoms with Crippen molar-refractivity contribution in [2.45, 2.75) is 19.3 Å². The largest absolute Gasteiger partial charge is 0.425 e. The molecule has 74 valence electrons. The first-order valence-electron chi connectivity index (χ1n) is 4.54. The molecule has 1 aromatic heterocycles. The Hall–Kier alpha value is -1.64. The number of carbonyl (C=O) groups is 1. The maximum atomic E-state index is 11.2. The molecule has 0 aromatic carbocycles. The minimum atomic E-state index is -0.222. The molecular weight excluding hydrogens is 178 g/mol. The lowest BCUT2D eigenvalue weighted by atomic mass is 10.2. The first-order chi connectivity index (χ1) is 6.83. The molecule has 3 nitrogen and oxygen atoms in total. The highest BCUT2D eigenvalue weighted by atomic mass is 16.5. The quantitative estimate of drug-likeness (QED) is 0.407. The monoisotopic (exact) mass is 191 g/mol. The van der Waals surface area contributed by atoms with Crippen LogP contribution in [0, 0.1) is 0 Å². The SMILES string of the molecule is C=CCCCC(=O)Oc1cccnc1. The Morgan fingerprint density at radius 3 is 3.14 bits per heavy atom. The van der Waals surface area contributed by atoms with E-state index in [-0.39, 0.29) is 5.97 Å². The van der Waals surface area contributed by atoms with Crippen molar-refractivity contribution in [3.05, 3.63) is 37.2 Å². The zero-order chi connectivity index (χ0) is 10.2. The van der Waals surface area contributed by atoms with Crippen LogP contribution in [-0.4, -0.2) is 11.0 Å². The van der Waals surface area contributed by atoms with Gasteiger partial charge in [0.2, 0.25) is 0 Å². The number of hydrogen-bond donors (Lipinski definition) is 0. The second-order valence-corrected chi connectivity index (χ2v) is 2.84. The summed E-state index contributed by atoms with van der Waals surface area (Å²) in [4.78, 5) is 15.0. The zero-order valence-corrected chi connectivity index (χ0v) is 7.98. The highest BCUT2D eigenvalue weighted by Crippen LogP contribution is 2.08. The fourth-order valence-electron chi connectivity index (χ4n) is 0.981. The number of unbranched alkanes of at least 4 members (excludes halogenated alkanes) is 1. The van der Waals surface area contributed by atoms with Crippen molar-refractivity contribution in [1.29, 1.82) is 0 Å². The van der Waals surface area contributed by atoms with Gasteiger partial charge in [0.25, 0.3) is 0 Å². The van der Waals surface area contributed by atoms with Crippen LogP contribution in [0.25, 0.3) is 0 Å². The molecule has 0 unspecified atom stereocenters. The van der Waals surface area contributed by atoms with Gasteiger partial charge in [0.15, 0.2) is 0 Å². The van der Waals surface area contributed by atoms with Crippen LogP contribution in [0.4, 0.5) is 0 Å². The highest BCUT2D eigenvalue weighted by Gasteiger charge is 2.02. The number of allylic oxidation sites excluding steroid dienone is 1. The summed E-state index contributed by atoms with van der Waals surface area (Å²) in [6.45, 7) is 3.58. The van der Waals surface area contributed by atoms with Gasteiger partial charge in [-0.2, -0.15) is 0 Å². The van der Waals surface area contributed by atoms with Gasteiger partial charge in [0.1, 0.15) is 5.75 Å². The van der Waals surface area contributed by atoms with E-state index in [0.717, 1.165) is 12.8 Å². The van der Waals surface area contributed by atoms with Crippen molar-refractivity contribution in [3.63, 3.8) is 0 Å². The second-order valence-electron chi connectivity index (χ2n) is 2.84. The van der Waals surface area contributed by atoms with Crippen LogP contribution in [0.1, 0.15) is 19.3 Å². The third-order valence-corrected chi connectivity index (χ3v) is 1.66. The molecule has 1 heterocycles. The Morgan fingerprint density at radius 2 is 2.50 bits per heavy atom. The Morgan fingerprint density at radius 1 is 1.64 bits per heavy atom. The van der Waals surface area contributed by atoms with E-state index >= 15 is 0 Å². The van der Waals surface area contributed by atoms with Crippen molar-refractivity contribution >= 4 is 5.97 Å². The average Bonchev–Trinajstić information content (AvgIpc) is 2.20.